The second-order valence-electron chi connectivity index (χ2n) is 5.58. The lowest BCUT2D eigenvalue weighted by Crippen LogP contribution is -2.15. The monoisotopic (exact) mass is 396 g/mol. The van der Waals surface area contributed by atoms with Crippen LogP contribution in [0.2, 0.25) is 10.0 Å². The summed E-state index contributed by atoms with van der Waals surface area (Å²) >= 11 is 12.2. The maximum Gasteiger partial charge on any atom is 0.339 e. The molecule has 0 amide bonds. The summed E-state index contributed by atoms with van der Waals surface area (Å²) in [5.74, 6) is -1.01. The maximum atomic E-state index is 11.5. The molecule has 25 heavy (non-hydrogen) atoms. The quantitative estimate of drug-likeness (QED) is 0.643. The van der Waals surface area contributed by atoms with Crippen LogP contribution in [0.1, 0.15) is 10.4 Å². The number of anilines is 1. The molecular weight excluding hydrogens is 383 g/mol. The number of rotatable bonds is 3. The molecule has 1 N–H and O–H groups in total. The summed E-state index contributed by atoms with van der Waals surface area (Å²) in [7, 11) is 3.62. The summed E-state index contributed by atoms with van der Waals surface area (Å²) in [6.07, 6.45) is 1.38. The number of carbonyl (C=O) groups is 1. The topological polar surface area (TPSA) is 53.4 Å². The molecule has 3 rings (SSSR count). The number of halogens is 3. The van der Waals surface area contributed by atoms with Gasteiger partial charge >= 0.3 is 5.97 Å². The fourth-order valence-corrected chi connectivity index (χ4v) is 3.32. The maximum absolute atomic E-state index is 11.5. The number of hydrogen-bond donors (Lipinski definition) is 1. The van der Waals surface area contributed by atoms with Gasteiger partial charge in [-0.25, -0.2) is 4.79 Å². The van der Waals surface area contributed by atoms with Gasteiger partial charge in [0.25, 0.3) is 0 Å². The fraction of sp³-hybridized carbons (Fsp3) is 0.111. The zero-order chi connectivity index (χ0) is 17.4. The molecule has 0 saturated heterocycles. The van der Waals surface area contributed by atoms with Gasteiger partial charge in [0.05, 0.1) is 11.2 Å². The van der Waals surface area contributed by atoms with E-state index in [0.29, 0.717) is 21.2 Å². The smallest absolute Gasteiger partial charge is 0.339 e. The van der Waals surface area contributed by atoms with E-state index in [1.807, 2.05) is 44.4 Å². The van der Waals surface area contributed by atoms with Crippen LogP contribution in [0.5, 0.6) is 0 Å². The SMILES string of the molecule is CN(C)c1c(C(=O)O)cnc2c(-c3cc(Cl)cc(Cl)c3)cccc12.Cl. The molecule has 2 aromatic carbocycles. The molecule has 1 heterocycles. The van der Waals surface area contributed by atoms with Crippen molar-refractivity contribution in [2.45, 2.75) is 0 Å². The molecule has 0 atom stereocenters. The molecule has 0 bridgehead atoms. The largest absolute Gasteiger partial charge is 0.478 e. The van der Waals surface area contributed by atoms with Gasteiger partial charge < -0.3 is 10.0 Å². The van der Waals surface area contributed by atoms with E-state index in [1.165, 1.54) is 6.20 Å². The molecule has 4 nitrogen and oxygen atoms in total. The Morgan fingerprint density at radius 3 is 2.32 bits per heavy atom. The summed E-state index contributed by atoms with van der Waals surface area (Å²) in [5.41, 5.74) is 3.15. The predicted octanol–water partition coefficient (Wildman–Crippen LogP) is 5.39. The summed E-state index contributed by atoms with van der Waals surface area (Å²) in [6, 6.07) is 10.9. The van der Waals surface area contributed by atoms with Crippen LogP contribution >= 0.6 is 35.6 Å². The van der Waals surface area contributed by atoms with E-state index in [-0.39, 0.29) is 18.0 Å². The number of hydrogen-bond acceptors (Lipinski definition) is 3. The average molecular weight is 398 g/mol. The highest BCUT2D eigenvalue weighted by Gasteiger charge is 2.18. The van der Waals surface area contributed by atoms with Crippen molar-refractivity contribution in [3.05, 3.63) is 58.2 Å². The van der Waals surface area contributed by atoms with Gasteiger partial charge in [0.1, 0.15) is 5.56 Å². The van der Waals surface area contributed by atoms with Crippen LogP contribution in [0.4, 0.5) is 5.69 Å². The Morgan fingerprint density at radius 2 is 1.76 bits per heavy atom. The Kier molecular flexibility index (Phi) is 5.78. The normalized spacial score (nSPS) is 10.4. The number of fused-ring (bicyclic) bond motifs is 1. The first-order valence-electron chi connectivity index (χ1n) is 7.17. The van der Waals surface area contributed by atoms with Crippen molar-refractivity contribution in [1.29, 1.82) is 0 Å². The molecule has 0 radical (unpaired) electrons. The third-order valence-electron chi connectivity index (χ3n) is 3.72. The van der Waals surface area contributed by atoms with Crippen LogP contribution in [-0.4, -0.2) is 30.2 Å². The molecule has 0 fully saturated rings. The van der Waals surface area contributed by atoms with E-state index >= 15 is 0 Å². The van der Waals surface area contributed by atoms with Crippen molar-refractivity contribution < 1.29 is 9.90 Å². The van der Waals surface area contributed by atoms with E-state index < -0.39 is 5.97 Å². The van der Waals surface area contributed by atoms with E-state index in [2.05, 4.69) is 4.98 Å². The van der Waals surface area contributed by atoms with Crippen LogP contribution in [0.15, 0.2) is 42.6 Å². The van der Waals surface area contributed by atoms with Gasteiger partial charge in [0.2, 0.25) is 0 Å². The predicted molar refractivity (Wildman–Crippen MR) is 106 cm³/mol. The Balaban J connectivity index is 0.00000225. The van der Waals surface area contributed by atoms with Gasteiger partial charge in [-0.1, -0.05) is 41.4 Å². The summed E-state index contributed by atoms with van der Waals surface area (Å²) in [4.78, 5) is 17.7. The van der Waals surface area contributed by atoms with Gasteiger partial charge in [-0.2, -0.15) is 0 Å². The van der Waals surface area contributed by atoms with Crippen LogP contribution < -0.4 is 4.90 Å². The van der Waals surface area contributed by atoms with Crippen molar-refractivity contribution in [3.63, 3.8) is 0 Å². The highest BCUT2D eigenvalue weighted by molar-refractivity contribution is 6.35. The van der Waals surface area contributed by atoms with Crippen LogP contribution in [0, 0.1) is 0 Å². The Morgan fingerprint density at radius 1 is 1.12 bits per heavy atom. The zero-order valence-electron chi connectivity index (χ0n) is 13.5. The van der Waals surface area contributed by atoms with Crippen molar-refractivity contribution in [1.82, 2.24) is 4.98 Å². The lowest BCUT2D eigenvalue weighted by Gasteiger charge is -2.19. The average Bonchev–Trinajstić information content (AvgIpc) is 2.51. The summed E-state index contributed by atoms with van der Waals surface area (Å²) in [6.45, 7) is 0. The number of carboxylic acid groups (broad SMARTS) is 1. The van der Waals surface area contributed by atoms with Crippen molar-refractivity contribution in [2.24, 2.45) is 0 Å². The molecular formula is C18H15Cl3N2O2. The molecule has 0 unspecified atom stereocenters. The van der Waals surface area contributed by atoms with Gasteiger partial charge in [-0.3, -0.25) is 4.98 Å². The summed E-state index contributed by atoms with van der Waals surface area (Å²) < 4.78 is 0. The standard InChI is InChI=1S/C18H14Cl2N2O2.ClH/c1-22(2)17-14-5-3-4-13(10-6-11(19)8-12(20)7-10)16(14)21-9-15(17)18(23)24;/h3-9H,1-2H3,(H,23,24);1H. The molecule has 7 heteroatoms. The highest BCUT2D eigenvalue weighted by atomic mass is 35.5. The molecule has 1 aromatic heterocycles. The summed E-state index contributed by atoms with van der Waals surface area (Å²) in [5, 5.41) is 11.3. The number of aromatic nitrogens is 1. The number of aromatic carboxylic acids is 1. The van der Waals surface area contributed by atoms with Gasteiger partial charge in [0, 0.05) is 41.3 Å². The number of benzene rings is 2. The molecule has 0 spiro atoms. The first kappa shape index (κ1) is 19.3. The lowest BCUT2D eigenvalue weighted by molar-refractivity contribution is 0.0697. The molecule has 130 valence electrons. The number of pyridine rings is 1. The highest BCUT2D eigenvalue weighted by Crippen LogP contribution is 2.36. The molecule has 3 aromatic rings. The second-order valence-corrected chi connectivity index (χ2v) is 6.45. The minimum Gasteiger partial charge on any atom is -0.478 e. The van der Waals surface area contributed by atoms with Gasteiger partial charge in [0.15, 0.2) is 0 Å². The first-order valence-corrected chi connectivity index (χ1v) is 7.93. The molecule has 0 aliphatic carbocycles. The Hall–Kier alpha value is -2.01. The van der Waals surface area contributed by atoms with Gasteiger partial charge in [-0.05, 0) is 23.8 Å². The van der Waals surface area contributed by atoms with Crippen LogP contribution in [-0.2, 0) is 0 Å². The van der Waals surface area contributed by atoms with Crippen LogP contribution in [0.25, 0.3) is 22.0 Å². The van der Waals surface area contributed by atoms with E-state index in [4.69, 9.17) is 23.2 Å². The molecule has 0 aliphatic heterocycles. The minimum absolute atomic E-state index is 0. The van der Waals surface area contributed by atoms with Crippen molar-refractivity contribution >= 4 is 58.2 Å². The Labute approximate surface area is 161 Å². The number of carboxylic acids is 1. The van der Waals surface area contributed by atoms with Crippen LogP contribution in [0.3, 0.4) is 0 Å². The second kappa shape index (κ2) is 7.48. The van der Waals surface area contributed by atoms with Crippen molar-refractivity contribution in [2.75, 3.05) is 19.0 Å². The molecule has 0 aliphatic rings. The fourth-order valence-electron chi connectivity index (χ4n) is 2.79. The van der Waals surface area contributed by atoms with Gasteiger partial charge in [-0.15, -0.1) is 12.4 Å². The zero-order valence-corrected chi connectivity index (χ0v) is 15.8. The first-order chi connectivity index (χ1) is 11.4. The minimum atomic E-state index is -1.01. The molecule has 0 saturated carbocycles. The van der Waals surface area contributed by atoms with E-state index in [0.717, 1.165) is 16.5 Å². The lowest BCUT2D eigenvalue weighted by atomic mass is 9.99. The van der Waals surface area contributed by atoms with Crippen molar-refractivity contribution in [3.8, 4) is 11.1 Å². The number of para-hydroxylation sites is 1. The Bertz CT molecular complexity index is 938. The van der Waals surface area contributed by atoms with E-state index in [1.54, 1.807) is 11.0 Å². The third kappa shape index (κ3) is 3.66. The third-order valence-corrected chi connectivity index (χ3v) is 4.16. The number of nitrogens with zero attached hydrogens (tertiary/aromatic N) is 2. The van der Waals surface area contributed by atoms with E-state index in [9.17, 15) is 9.90 Å².